The Morgan fingerprint density at radius 1 is 1.56 bits per heavy atom. The van der Waals surface area contributed by atoms with E-state index < -0.39 is 0 Å². The molecule has 1 N–H and O–H groups in total. The predicted molar refractivity (Wildman–Crippen MR) is 39.3 cm³/mol. The summed E-state index contributed by atoms with van der Waals surface area (Å²) in [5.41, 5.74) is 0. The Hall–Kier alpha value is -0.0800. The summed E-state index contributed by atoms with van der Waals surface area (Å²) in [6.45, 7) is 8.04. The summed E-state index contributed by atoms with van der Waals surface area (Å²) >= 11 is 0. The van der Waals surface area contributed by atoms with Crippen molar-refractivity contribution in [2.75, 3.05) is 19.6 Å². The first-order chi connectivity index (χ1) is 4.38. The van der Waals surface area contributed by atoms with Crippen LogP contribution in [0.2, 0.25) is 0 Å². The second kappa shape index (κ2) is 3.18. The lowest BCUT2D eigenvalue weighted by molar-refractivity contribution is 0.248. The van der Waals surface area contributed by atoms with Crippen LogP contribution in [0.15, 0.2) is 0 Å². The molecule has 1 fully saturated rings. The van der Waals surface area contributed by atoms with Crippen LogP contribution in [0.3, 0.4) is 0 Å². The van der Waals surface area contributed by atoms with Gasteiger partial charge in [0.1, 0.15) is 0 Å². The van der Waals surface area contributed by atoms with Crippen LogP contribution in [0.4, 0.5) is 0 Å². The van der Waals surface area contributed by atoms with E-state index >= 15 is 0 Å². The summed E-state index contributed by atoms with van der Waals surface area (Å²) in [5, 5.41) is 3.43. The van der Waals surface area contributed by atoms with E-state index in [1.54, 1.807) is 0 Å². The van der Waals surface area contributed by atoms with Gasteiger partial charge in [-0.05, 0) is 13.0 Å². The summed E-state index contributed by atoms with van der Waals surface area (Å²) in [4.78, 5) is 2.47. The van der Waals surface area contributed by atoms with Crippen molar-refractivity contribution in [3.05, 3.63) is 0 Å². The van der Waals surface area contributed by atoms with E-state index in [4.69, 9.17) is 0 Å². The molecule has 0 aromatic rings. The Balaban J connectivity index is 2.32. The van der Waals surface area contributed by atoms with Gasteiger partial charge < -0.3 is 5.32 Å². The van der Waals surface area contributed by atoms with Crippen molar-refractivity contribution in [2.24, 2.45) is 0 Å². The molecule has 1 aliphatic heterocycles. The van der Waals surface area contributed by atoms with Crippen LogP contribution in [-0.2, 0) is 0 Å². The minimum Gasteiger partial charge on any atom is -0.300 e. The highest BCUT2D eigenvalue weighted by molar-refractivity contribution is 4.74. The molecule has 0 amide bonds. The third-order valence-electron chi connectivity index (χ3n) is 2.01. The van der Waals surface area contributed by atoms with Crippen LogP contribution in [0.5, 0.6) is 0 Å². The molecule has 0 spiro atoms. The monoisotopic (exact) mass is 128 g/mol. The summed E-state index contributed by atoms with van der Waals surface area (Å²) in [6.07, 6.45) is 1.89. The molecule has 1 rings (SSSR count). The maximum Gasteiger partial charge on any atom is 0.0595 e. The van der Waals surface area contributed by atoms with Gasteiger partial charge in [-0.3, -0.25) is 4.90 Å². The Morgan fingerprint density at radius 2 is 2.33 bits per heavy atom. The Bertz CT molecular complexity index is 73.0. The number of likely N-dealkylation sites (N-methyl/N-ethyl adjacent to an activating group) is 1. The third-order valence-corrected chi connectivity index (χ3v) is 2.01. The summed E-state index contributed by atoms with van der Waals surface area (Å²) in [7, 11) is 0. The van der Waals surface area contributed by atoms with Crippen LogP contribution < -0.4 is 5.32 Å². The normalized spacial score (nSPS) is 29.3. The van der Waals surface area contributed by atoms with Gasteiger partial charge in [0.15, 0.2) is 0 Å². The quantitative estimate of drug-likeness (QED) is 0.587. The Kier molecular flexibility index (Phi) is 2.49. The lowest BCUT2D eigenvalue weighted by Crippen LogP contribution is -2.34. The van der Waals surface area contributed by atoms with Gasteiger partial charge >= 0.3 is 0 Å². The van der Waals surface area contributed by atoms with Crippen molar-refractivity contribution in [2.45, 2.75) is 26.4 Å². The molecule has 0 radical (unpaired) electrons. The topological polar surface area (TPSA) is 15.3 Å². The average molecular weight is 128 g/mol. The van der Waals surface area contributed by atoms with Gasteiger partial charge in [-0.25, -0.2) is 0 Å². The van der Waals surface area contributed by atoms with Crippen LogP contribution in [0.1, 0.15) is 20.3 Å². The van der Waals surface area contributed by atoms with Gasteiger partial charge in [-0.15, -0.1) is 0 Å². The average Bonchev–Trinajstić information content (AvgIpc) is 2.33. The summed E-state index contributed by atoms with van der Waals surface area (Å²) in [6, 6.07) is 0. The molecule has 0 saturated carbocycles. The first kappa shape index (κ1) is 7.03. The molecule has 0 bridgehead atoms. The zero-order valence-corrected chi connectivity index (χ0v) is 6.35. The maximum absolute atomic E-state index is 3.43. The van der Waals surface area contributed by atoms with Crippen LogP contribution in [0, 0.1) is 0 Å². The van der Waals surface area contributed by atoms with Gasteiger partial charge in [0.2, 0.25) is 0 Å². The minimum absolute atomic E-state index is 0.662. The zero-order chi connectivity index (χ0) is 6.69. The van der Waals surface area contributed by atoms with Gasteiger partial charge in [0.05, 0.1) is 6.17 Å². The van der Waals surface area contributed by atoms with E-state index in [2.05, 4.69) is 24.1 Å². The number of hydrogen-bond donors (Lipinski definition) is 1. The SMILES string of the molecule is CCC1NCCN1CC. The summed E-state index contributed by atoms with van der Waals surface area (Å²) in [5.74, 6) is 0. The van der Waals surface area contributed by atoms with E-state index in [9.17, 15) is 0 Å². The standard InChI is InChI=1S/C7H16N2/c1-3-7-8-5-6-9(7)4-2/h7-8H,3-6H2,1-2H3. The second-order valence-corrected chi connectivity index (χ2v) is 2.51. The van der Waals surface area contributed by atoms with E-state index in [1.807, 2.05) is 0 Å². The zero-order valence-electron chi connectivity index (χ0n) is 6.35. The highest BCUT2D eigenvalue weighted by atomic mass is 15.3. The smallest absolute Gasteiger partial charge is 0.0595 e. The largest absolute Gasteiger partial charge is 0.300 e. The van der Waals surface area contributed by atoms with Crippen LogP contribution >= 0.6 is 0 Å². The van der Waals surface area contributed by atoms with Crippen molar-refractivity contribution in [3.63, 3.8) is 0 Å². The molecule has 2 heteroatoms. The molecular weight excluding hydrogens is 112 g/mol. The number of nitrogens with zero attached hydrogens (tertiary/aromatic N) is 1. The molecule has 1 aliphatic rings. The number of hydrogen-bond acceptors (Lipinski definition) is 2. The molecule has 0 aliphatic carbocycles. The van der Waals surface area contributed by atoms with E-state index in [-0.39, 0.29) is 0 Å². The fourth-order valence-electron chi connectivity index (χ4n) is 1.44. The molecule has 54 valence electrons. The molecule has 0 aromatic heterocycles. The molecule has 1 unspecified atom stereocenters. The molecular formula is C7H16N2. The Morgan fingerprint density at radius 3 is 2.78 bits per heavy atom. The molecule has 9 heavy (non-hydrogen) atoms. The van der Waals surface area contributed by atoms with E-state index in [0.29, 0.717) is 6.17 Å². The van der Waals surface area contributed by atoms with Gasteiger partial charge in [-0.1, -0.05) is 13.8 Å². The van der Waals surface area contributed by atoms with E-state index in [1.165, 1.54) is 26.1 Å². The fraction of sp³-hybridized carbons (Fsp3) is 1.00. The predicted octanol–water partition coefficient (Wildman–Crippen LogP) is 0.648. The first-order valence-corrected chi connectivity index (χ1v) is 3.86. The van der Waals surface area contributed by atoms with Crippen molar-refractivity contribution >= 4 is 0 Å². The minimum atomic E-state index is 0.662. The lowest BCUT2D eigenvalue weighted by Gasteiger charge is -2.20. The van der Waals surface area contributed by atoms with Crippen LogP contribution in [-0.4, -0.2) is 30.7 Å². The molecule has 1 saturated heterocycles. The highest BCUT2D eigenvalue weighted by Gasteiger charge is 2.19. The van der Waals surface area contributed by atoms with Crippen molar-refractivity contribution in [1.82, 2.24) is 10.2 Å². The van der Waals surface area contributed by atoms with Crippen LogP contribution in [0.25, 0.3) is 0 Å². The van der Waals surface area contributed by atoms with Gasteiger partial charge in [0.25, 0.3) is 0 Å². The molecule has 2 nitrogen and oxygen atoms in total. The Labute approximate surface area is 57.2 Å². The van der Waals surface area contributed by atoms with Crippen molar-refractivity contribution < 1.29 is 0 Å². The lowest BCUT2D eigenvalue weighted by atomic mass is 10.3. The van der Waals surface area contributed by atoms with Crippen molar-refractivity contribution in [1.29, 1.82) is 0 Å². The molecule has 0 aromatic carbocycles. The fourth-order valence-corrected chi connectivity index (χ4v) is 1.44. The highest BCUT2D eigenvalue weighted by Crippen LogP contribution is 2.04. The van der Waals surface area contributed by atoms with Gasteiger partial charge in [0, 0.05) is 13.1 Å². The van der Waals surface area contributed by atoms with E-state index in [0.717, 1.165) is 0 Å². The molecule has 1 heterocycles. The third kappa shape index (κ3) is 1.43. The number of nitrogens with one attached hydrogen (secondary N) is 1. The first-order valence-electron chi connectivity index (χ1n) is 3.86. The van der Waals surface area contributed by atoms with Crippen molar-refractivity contribution in [3.8, 4) is 0 Å². The van der Waals surface area contributed by atoms with Gasteiger partial charge in [-0.2, -0.15) is 0 Å². The molecule has 1 atom stereocenters. The second-order valence-electron chi connectivity index (χ2n) is 2.51. The maximum atomic E-state index is 3.43. The summed E-state index contributed by atoms with van der Waals surface area (Å²) < 4.78 is 0. The number of rotatable bonds is 2.